The van der Waals surface area contributed by atoms with E-state index < -0.39 is 17.5 Å². The molecule has 1 fully saturated rings. The number of carbonyl (C=O) groups excluding carboxylic acids is 3. The summed E-state index contributed by atoms with van der Waals surface area (Å²) in [4.78, 5) is 45.6. The summed E-state index contributed by atoms with van der Waals surface area (Å²) >= 11 is 1.51. The molecule has 0 radical (unpaired) electrons. The van der Waals surface area contributed by atoms with Gasteiger partial charge in [-0.25, -0.2) is 4.39 Å². The summed E-state index contributed by atoms with van der Waals surface area (Å²) in [5.41, 5.74) is 1.88. The van der Waals surface area contributed by atoms with Gasteiger partial charge in [0.1, 0.15) is 5.82 Å². The summed E-state index contributed by atoms with van der Waals surface area (Å²) < 4.78 is 14.7. The Morgan fingerprint density at radius 1 is 0.879 bits per heavy atom. The van der Waals surface area contributed by atoms with Crippen LogP contribution in [0.4, 0.5) is 4.39 Å². The maximum Gasteiger partial charge on any atom is 0.295 e. The van der Waals surface area contributed by atoms with Crippen molar-refractivity contribution in [1.29, 1.82) is 0 Å². The summed E-state index contributed by atoms with van der Waals surface area (Å²) in [6.07, 6.45) is 1.40. The lowest BCUT2D eigenvalue weighted by Gasteiger charge is -2.34. The maximum absolute atomic E-state index is 14.7. The second-order valence-electron chi connectivity index (χ2n) is 7.80. The fourth-order valence-corrected chi connectivity index (χ4v) is 4.92. The predicted octanol–water partition coefficient (Wildman–Crippen LogP) is 4.20. The molecular formula is C25H20FN3O3S. The number of hydrogen-bond acceptors (Lipinski definition) is 4. The Morgan fingerprint density at radius 2 is 1.61 bits per heavy atom. The van der Waals surface area contributed by atoms with E-state index in [1.165, 1.54) is 28.5 Å². The number of hydrogen-bond donors (Lipinski definition) is 1. The number of halogens is 1. The fourth-order valence-electron chi connectivity index (χ4n) is 4.16. The third kappa shape index (κ3) is 3.82. The predicted molar refractivity (Wildman–Crippen MR) is 125 cm³/mol. The molecule has 2 amide bonds. The Kier molecular flexibility index (Phi) is 5.51. The molecule has 1 saturated heterocycles. The van der Waals surface area contributed by atoms with E-state index in [1.807, 2.05) is 23.6 Å². The van der Waals surface area contributed by atoms with Gasteiger partial charge in [-0.1, -0.05) is 24.3 Å². The first-order valence-corrected chi connectivity index (χ1v) is 11.4. The lowest BCUT2D eigenvalue weighted by atomic mass is 10.0. The van der Waals surface area contributed by atoms with E-state index in [9.17, 15) is 18.8 Å². The molecule has 0 spiro atoms. The van der Waals surface area contributed by atoms with E-state index >= 15 is 0 Å². The first kappa shape index (κ1) is 21.1. The molecule has 3 heterocycles. The van der Waals surface area contributed by atoms with Gasteiger partial charge in [0.2, 0.25) is 0 Å². The Morgan fingerprint density at radius 3 is 2.30 bits per heavy atom. The Bertz CT molecular complexity index is 1340. The van der Waals surface area contributed by atoms with Crippen molar-refractivity contribution in [3.05, 3.63) is 83.1 Å². The van der Waals surface area contributed by atoms with E-state index in [1.54, 1.807) is 35.2 Å². The van der Waals surface area contributed by atoms with Gasteiger partial charge in [-0.3, -0.25) is 14.4 Å². The number of fused-ring (bicyclic) bond motifs is 1. The number of carbonyl (C=O) groups is 3. The molecule has 0 unspecified atom stereocenters. The standard InChI is InChI=1S/C25H20FN3O3S/c26-19-9-8-17(20-7-4-14-33-20)22-21(19)18(15-27-22)23(30)25(32)29-12-10-28(11-13-29)24(31)16-5-2-1-3-6-16/h1-9,14-15,27H,10-13H2. The monoisotopic (exact) mass is 461 g/mol. The van der Waals surface area contributed by atoms with Crippen LogP contribution in [0, 0.1) is 5.82 Å². The highest BCUT2D eigenvalue weighted by atomic mass is 32.1. The summed E-state index contributed by atoms with van der Waals surface area (Å²) in [7, 11) is 0. The van der Waals surface area contributed by atoms with Gasteiger partial charge in [0.15, 0.2) is 0 Å². The van der Waals surface area contributed by atoms with Crippen molar-refractivity contribution in [2.24, 2.45) is 0 Å². The molecule has 2 aromatic heterocycles. The lowest BCUT2D eigenvalue weighted by molar-refractivity contribution is -0.127. The number of aromatic nitrogens is 1. The average Bonchev–Trinajstić information content (AvgIpc) is 3.55. The van der Waals surface area contributed by atoms with Crippen molar-refractivity contribution >= 4 is 39.8 Å². The van der Waals surface area contributed by atoms with Crippen molar-refractivity contribution in [2.75, 3.05) is 26.2 Å². The zero-order valence-corrected chi connectivity index (χ0v) is 18.4. The van der Waals surface area contributed by atoms with E-state index in [0.717, 1.165) is 10.4 Å². The molecule has 1 aliphatic rings. The summed E-state index contributed by atoms with van der Waals surface area (Å²) in [6.45, 7) is 1.15. The number of H-pyrrole nitrogens is 1. The molecule has 0 bridgehead atoms. The smallest absolute Gasteiger partial charge is 0.295 e. The van der Waals surface area contributed by atoms with Crippen LogP contribution in [0.5, 0.6) is 0 Å². The minimum Gasteiger partial charge on any atom is -0.360 e. The highest BCUT2D eigenvalue weighted by Gasteiger charge is 2.31. The van der Waals surface area contributed by atoms with Crippen LogP contribution in [-0.4, -0.2) is 58.6 Å². The first-order valence-electron chi connectivity index (χ1n) is 10.6. The largest absolute Gasteiger partial charge is 0.360 e. The summed E-state index contributed by atoms with van der Waals surface area (Å²) in [6, 6.07) is 15.7. The van der Waals surface area contributed by atoms with Crippen LogP contribution in [0.25, 0.3) is 21.3 Å². The quantitative estimate of drug-likeness (QED) is 0.366. The van der Waals surface area contributed by atoms with Gasteiger partial charge in [0.05, 0.1) is 11.1 Å². The molecule has 5 rings (SSSR count). The first-order chi connectivity index (χ1) is 16.0. The second-order valence-corrected chi connectivity index (χ2v) is 8.75. The zero-order valence-electron chi connectivity index (χ0n) is 17.6. The Labute approximate surface area is 193 Å². The van der Waals surface area contributed by atoms with Gasteiger partial charge in [0.25, 0.3) is 17.6 Å². The van der Waals surface area contributed by atoms with Crippen LogP contribution in [0.2, 0.25) is 0 Å². The molecule has 33 heavy (non-hydrogen) atoms. The minimum absolute atomic E-state index is 0.0219. The Balaban J connectivity index is 1.34. The molecule has 2 aromatic carbocycles. The van der Waals surface area contributed by atoms with Crippen LogP contribution < -0.4 is 0 Å². The van der Waals surface area contributed by atoms with Crippen LogP contribution in [0.1, 0.15) is 20.7 Å². The van der Waals surface area contributed by atoms with Crippen LogP contribution in [0.15, 0.2) is 66.2 Å². The topological polar surface area (TPSA) is 73.5 Å². The number of nitrogens with zero attached hydrogens (tertiary/aromatic N) is 2. The third-order valence-electron chi connectivity index (χ3n) is 5.89. The zero-order chi connectivity index (χ0) is 22.9. The van der Waals surface area contributed by atoms with Gasteiger partial charge >= 0.3 is 0 Å². The molecule has 0 atom stereocenters. The van der Waals surface area contributed by atoms with E-state index in [2.05, 4.69) is 4.98 Å². The highest BCUT2D eigenvalue weighted by Crippen LogP contribution is 2.34. The number of amides is 2. The number of benzene rings is 2. The van der Waals surface area contributed by atoms with Gasteiger partial charge in [-0.15, -0.1) is 11.3 Å². The van der Waals surface area contributed by atoms with Gasteiger partial charge < -0.3 is 14.8 Å². The molecule has 6 nitrogen and oxygen atoms in total. The third-order valence-corrected chi connectivity index (χ3v) is 6.79. The van der Waals surface area contributed by atoms with E-state index in [4.69, 9.17) is 0 Å². The summed E-state index contributed by atoms with van der Waals surface area (Å²) in [5, 5.41) is 2.04. The number of ketones is 1. The number of aromatic amines is 1. The molecule has 166 valence electrons. The highest BCUT2D eigenvalue weighted by molar-refractivity contribution is 7.13. The number of rotatable bonds is 4. The average molecular weight is 462 g/mol. The van der Waals surface area contributed by atoms with Gasteiger partial charge in [0, 0.05) is 53.8 Å². The van der Waals surface area contributed by atoms with Crippen LogP contribution in [0.3, 0.4) is 0 Å². The van der Waals surface area contributed by atoms with Crippen LogP contribution in [-0.2, 0) is 4.79 Å². The normalized spacial score (nSPS) is 14.0. The summed E-state index contributed by atoms with van der Waals surface area (Å²) in [5.74, 6) is -2.11. The van der Waals surface area contributed by atoms with E-state index in [0.29, 0.717) is 24.2 Å². The molecule has 1 N–H and O–H groups in total. The Hall–Kier alpha value is -3.78. The molecule has 4 aromatic rings. The fraction of sp³-hybridized carbons (Fsp3) is 0.160. The molecular weight excluding hydrogens is 441 g/mol. The van der Waals surface area contributed by atoms with Crippen molar-refractivity contribution in [2.45, 2.75) is 0 Å². The molecule has 0 saturated carbocycles. The van der Waals surface area contributed by atoms with Crippen molar-refractivity contribution in [3.63, 3.8) is 0 Å². The van der Waals surface area contributed by atoms with Gasteiger partial charge in [-0.05, 0) is 35.7 Å². The van der Waals surface area contributed by atoms with E-state index in [-0.39, 0.29) is 29.9 Å². The molecule has 0 aliphatic carbocycles. The van der Waals surface area contributed by atoms with Crippen molar-refractivity contribution in [3.8, 4) is 10.4 Å². The molecule has 1 aliphatic heterocycles. The lowest BCUT2D eigenvalue weighted by Crippen LogP contribution is -2.52. The number of nitrogens with one attached hydrogen (secondary N) is 1. The number of piperazine rings is 1. The number of Topliss-reactive ketones (excluding diaryl/α,β-unsaturated/α-hetero) is 1. The SMILES string of the molecule is O=C(C(=O)N1CCN(C(=O)c2ccccc2)CC1)c1c[nH]c2c(-c3cccs3)ccc(F)c12. The number of thiophene rings is 1. The van der Waals surface area contributed by atoms with Crippen molar-refractivity contribution in [1.82, 2.24) is 14.8 Å². The maximum atomic E-state index is 14.7. The van der Waals surface area contributed by atoms with Crippen molar-refractivity contribution < 1.29 is 18.8 Å². The minimum atomic E-state index is -0.758. The van der Waals surface area contributed by atoms with Crippen LogP contribution >= 0.6 is 11.3 Å². The molecule has 8 heteroatoms. The second kappa shape index (κ2) is 8.63. The van der Waals surface area contributed by atoms with Gasteiger partial charge in [-0.2, -0.15) is 0 Å².